The van der Waals surface area contributed by atoms with Crippen LogP contribution in [0, 0.1) is 5.82 Å². The van der Waals surface area contributed by atoms with Gasteiger partial charge in [0, 0.05) is 12.0 Å². The van der Waals surface area contributed by atoms with E-state index in [0.29, 0.717) is 17.7 Å². The highest BCUT2D eigenvalue weighted by Gasteiger charge is 2.04. The van der Waals surface area contributed by atoms with Crippen molar-refractivity contribution in [1.82, 2.24) is 0 Å². The maximum absolute atomic E-state index is 13.0. The summed E-state index contributed by atoms with van der Waals surface area (Å²) in [5.41, 5.74) is 1.39. The topological polar surface area (TPSA) is 26.3 Å². The van der Waals surface area contributed by atoms with Crippen LogP contribution in [0.2, 0.25) is 0 Å². The van der Waals surface area contributed by atoms with E-state index < -0.39 is 0 Å². The van der Waals surface area contributed by atoms with Gasteiger partial charge in [-0.1, -0.05) is 31.2 Å². The second-order valence-electron chi connectivity index (χ2n) is 4.22. The predicted molar refractivity (Wildman–Crippen MR) is 71.8 cm³/mol. The Morgan fingerprint density at radius 3 is 2.68 bits per heavy atom. The molecule has 0 spiro atoms. The van der Waals surface area contributed by atoms with Crippen LogP contribution in [0.5, 0.6) is 5.75 Å². The number of rotatable bonds is 5. The van der Waals surface area contributed by atoms with Crippen molar-refractivity contribution in [3.05, 3.63) is 65.5 Å². The van der Waals surface area contributed by atoms with Crippen LogP contribution in [-0.2, 0) is 6.61 Å². The normalized spacial score (nSPS) is 10.2. The van der Waals surface area contributed by atoms with E-state index in [9.17, 15) is 9.18 Å². The van der Waals surface area contributed by atoms with Gasteiger partial charge in [0.1, 0.15) is 18.2 Å². The first kappa shape index (κ1) is 13.3. The maximum Gasteiger partial charge on any atom is 0.162 e. The Bertz CT molecular complexity index is 578. The van der Waals surface area contributed by atoms with E-state index in [1.165, 1.54) is 12.1 Å². The second kappa shape index (κ2) is 6.14. The molecule has 0 aliphatic heterocycles. The van der Waals surface area contributed by atoms with Gasteiger partial charge in [0.25, 0.3) is 0 Å². The third kappa shape index (κ3) is 3.65. The smallest absolute Gasteiger partial charge is 0.162 e. The molecule has 0 amide bonds. The number of halogens is 1. The Morgan fingerprint density at radius 1 is 1.16 bits per heavy atom. The molecule has 0 radical (unpaired) electrons. The van der Waals surface area contributed by atoms with Gasteiger partial charge in [0.15, 0.2) is 5.78 Å². The molecule has 19 heavy (non-hydrogen) atoms. The molecule has 0 aliphatic rings. The van der Waals surface area contributed by atoms with Crippen molar-refractivity contribution < 1.29 is 13.9 Å². The molecule has 0 saturated heterocycles. The van der Waals surface area contributed by atoms with Crippen LogP contribution in [-0.4, -0.2) is 5.78 Å². The van der Waals surface area contributed by atoms with Crippen LogP contribution in [0.1, 0.15) is 29.3 Å². The quantitative estimate of drug-likeness (QED) is 0.758. The summed E-state index contributed by atoms with van der Waals surface area (Å²) in [6, 6.07) is 13.3. The third-order valence-corrected chi connectivity index (χ3v) is 2.77. The molecule has 98 valence electrons. The largest absolute Gasteiger partial charge is 0.489 e. The molecule has 3 heteroatoms. The molecular weight excluding hydrogens is 243 g/mol. The number of hydrogen-bond acceptors (Lipinski definition) is 2. The van der Waals surface area contributed by atoms with Crippen molar-refractivity contribution in [1.29, 1.82) is 0 Å². The molecular formula is C16H15FO2. The highest BCUT2D eigenvalue weighted by molar-refractivity contribution is 5.96. The number of benzene rings is 2. The minimum absolute atomic E-state index is 0.0798. The molecule has 0 unspecified atom stereocenters. The van der Waals surface area contributed by atoms with Gasteiger partial charge in [-0.3, -0.25) is 4.79 Å². The van der Waals surface area contributed by atoms with Gasteiger partial charge in [-0.05, 0) is 29.8 Å². The van der Waals surface area contributed by atoms with Gasteiger partial charge >= 0.3 is 0 Å². The molecule has 0 aromatic heterocycles. The molecule has 2 rings (SSSR count). The van der Waals surface area contributed by atoms with E-state index >= 15 is 0 Å². The summed E-state index contributed by atoms with van der Waals surface area (Å²) in [6.07, 6.45) is 0.466. The van der Waals surface area contributed by atoms with Crippen LogP contribution < -0.4 is 4.74 Å². The van der Waals surface area contributed by atoms with Crippen LogP contribution in [0.3, 0.4) is 0 Å². The van der Waals surface area contributed by atoms with E-state index in [1.807, 2.05) is 6.92 Å². The molecule has 0 fully saturated rings. The van der Waals surface area contributed by atoms with Gasteiger partial charge in [0.2, 0.25) is 0 Å². The number of ether oxygens (including phenoxy) is 1. The summed E-state index contributed by atoms with van der Waals surface area (Å²) >= 11 is 0. The van der Waals surface area contributed by atoms with Crippen LogP contribution in [0.4, 0.5) is 4.39 Å². The van der Waals surface area contributed by atoms with Gasteiger partial charge < -0.3 is 4.74 Å². The van der Waals surface area contributed by atoms with Crippen molar-refractivity contribution >= 4 is 5.78 Å². The average Bonchev–Trinajstić information content (AvgIpc) is 2.45. The first-order chi connectivity index (χ1) is 9.19. The van der Waals surface area contributed by atoms with Gasteiger partial charge in [-0.2, -0.15) is 0 Å². The summed E-state index contributed by atoms with van der Waals surface area (Å²) in [4.78, 5) is 11.6. The van der Waals surface area contributed by atoms with Crippen LogP contribution >= 0.6 is 0 Å². The summed E-state index contributed by atoms with van der Waals surface area (Å²) in [5.74, 6) is 0.413. The fraction of sp³-hybridized carbons (Fsp3) is 0.188. The van der Waals surface area contributed by atoms with E-state index in [0.717, 1.165) is 5.56 Å². The number of carbonyl (C=O) groups is 1. The summed E-state index contributed by atoms with van der Waals surface area (Å²) < 4.78 is 18.6. The van der Waals surface area contributed by atoms with E-state index in [1.54, 1.807) is 36.4 Å². The zero-order chi connectivity index (χ0) is 13.7. The molecule has 2 nitrogen and oxygen atoms in total. The third-order valence-electron chi connectivity index (χ3n) is 2.77. The first-order valence-electron chi connectivity index (χ1n) is 6.19. The van der Waals surface area contributed by atoms with Gasteiger partial charge in [-0.15, -0.1) is 0 Å². The lowest BCUT2D eigenvalue weighted by molar-refractivity contribution is 0.0987. The standard InChI is InChI=1S/C16H15FO2/c1-2-16(18)13-6-4-8-15(10-13)19-11-12-5-3-7-14(17)9-12/h3-10H,2,11H2,1H3. The van der Waals surface area contributed by atoms with Crippen molar-refractivity contribution in [3.63, 3.8) is 0 Å². The van der Waals surface area contributed by atoms with E-state index in [2.05, 4.69) is 0 Å². The molecule has 0 saturated carbocycles. The number of Topliss-reactive ketones (excluding diaryl/α,β-unsaturated/α-hetero) is 1. The lowest BCUT2D eigenvalue weighted by atomic mass is 10.1. The lowest BCUT2D eigenvalue weighted by Gasteiger charge is -2.07. The molecule has 0 heterocycles. The van der Waals surface area contributed by atoms with Crippen molar-refractivity contribution in [2.24, 2.45) is 0 Å². The monoisotopic (exact) mass is 258 g/mol. The lowest BCUT2D eigenvalue weighted by Crippen LogP contribution is -1.99. The zero-order valence-corrected chi connectivity index (χ0v) is 10.7. The fourth-order valence-electron chi connectivity index (χ4n) is 1.76. The van der Waals surface area contributed by atoms with Crippen LogP contribution in [0.15, 0.2) is 48.5 Å². The number of carbonyl (C=O) groups excluding carboxylic acids is 1. The Hall–Kier alpha value is -2.16. The average molecular weight is 258 g/mol. The summed E-state index contributed by atoms with van der Waals surface area (Å²) in [7, 11) is 0. The van der Waals surface area contributed by atoms with Gasteiger partial charge in [-0.25, -0.2) is 4.39 Å². The molecule has 0 N–H and O–H groups in total. The minimum atomic E-state index is -0.281. The second-order valence-corrected chi connectivity index (χ2v) is 4.22. The van der Waals surface area contributed by atoms with E-state index in [-0.39, 0.29) is 18.2 Å². The highest BCUT2D eigenvalue weighted by Crippen LogP contribution is 2.16. The molecule has 0 aliphatic carbocycles. The summed E-state index contributed by atoms with van der Waals surface area (Å²) in [6.45, 7) is 2.10. The van der Waals surface area contributed by atoms with Crippen molar-refractivity contribution in [3.8, 4) is 5.75 Å². The first-order valence-corrected chi connectivity index (χ1v) is 6.19. The molecule has 0 atom stereocenters. The Kier molecular flexibility index (Phi) is 4.29. The maximum atomic E-state index is 13.0. The van der Waals surface area contributed by atoms with Crippen molar-refractivity contribution in [2.75, 3.05) is 0 Å². The zero-order valence-electron chi connectivity index (χ0n) is 10.7. The fourth-order valence-corrected chi connectivity index (χ4v) is 1.76. The predicted octanol–water partition coefficient (Wildman–Crippen LogP) is 4.00. The number of hydrogen-bond donors (Lipinski definition) is 0. The Balaban J connectivity index is 2.05. The minimum Gasteiger partial charge on any atom is -0.489 e. The van der Waals surface area contributed by atoms with E-state index in [4.69, 9.17) is 4.74 Å². The van der Waals surface area contributed by atoms with Crippen LogP contribution in [0.25, 0.3) is 0 Å². The molecule has 2 aromatic rings. The Labute approximate surface area is 111 Å². The highest BCUT2D eigenvalue weighted by atomic mass is 19.1. The molecule has 0 bridgehead atoms. The molecule has 2 aromatic carbocycles. The van der Waals surface area contributed by atoms with Crippen molar-refractivity contribution in [2.45, 2.75) is 20.0 Å². The Morgan fingerprint density at radius 2 is 1.95 bits per heavy atom. The van der Waals surface area contributed by atoms with Gasteiger partial charge in [0.05, 0.1) is 0 Å². The SMILES string of the molecule is CCC(=O)c1cccc(OCc2cccc(F)c2)c1. The number of ketones is 1. The summed E-state index contributed by atoms with van der Waals surface area (Å²) in [5, 5.41) is 0.